The smallest absolute Gasteiger partial charge is 0.253 e. The van der Waals surface area contributed by atoms with Crippen LogP contribution in [0.25, 0.3) is 16.2 Å². The Morgan fingerprint density at radius 1 is 1.16 bits per heavy atom. The van der Waals surface area contributed by atoms with E-state index < -0.39 is 0 Å². The Kier molecular flexibility index (Phi) is 6.65. The van der Waals surface area contributed by atoms with Crippen LogP contribution in [0.2, 0.25) is 5.02 Å². The molecule has 0 radical (unpaired) electrons. The highest BCUT2D eigenvalue weighted by Gasteiger charge is 2.17. The Hall–Kier alpha value is -2.74. The van der Waals surface area contributed by atoms with Crippen LogP contribution in [-0.4, -0.2) is 47.0 Å². The minimum atomic E-state index is -0.364. The predicted octanol–water partition coefficient (Wildman–Crippen LogP) is 5.19. The lowest BCUT2D eigenvalue weighted by atomic mass is 10.2. The fourth-order valence-electron chi connectivity index (χ4n) is 3.31. The molecule has 5 nitrogen and oxygen atoms in total. The number of nitrogens with zero attached hydrogens (tertiary/aromatic N) is 3. The van der Waals surface area contributed by atoms with Gasteiger partial charge in [-0.1, -0.05) is 23.7 Å². The van der Waals surface area contributed by atoms with Gasteiger partial charge in [0.1, 0.15) is 5.82 Å². The van der Waals surface area contributed by atoms with Crippen LogP contribution in [0.15, 0.2) is 60.1 Å². The second-order valence-corrected chi connectivity index (χ2v) is 8.33. The molecule has 0 aliphatic heterocycles. The van der Waals surface area contributed by atoms with E-state index in [1.165, 1.54) is 24.3 Å². The van der Waals surface area contributed by atoms with Crippen molar-refractivity contribution in [2.45, 2.75) is 6.42 Å². The van der Waals surface area contributed by atoms with Gasteiger partial charge in [0.25, 0.3) is 5.91 Å². The standard InChI is InChI=1S/C23H21ClFN3O2S/c1-30-13-12-27(22(29)17-4-8-19(25)9-5-17)11-10-20-15-31-23-26-21(14-28(20)23)16-2-6-18(24)7-3-16/h2-9,14-15H,10-13H2,1H3. The highest BCUT2D eigenvalue weighted by molar-refractivity contribution is 7.15. The number of benzene rings is 2. The number of halogens is 2. The molecule has 8 heteroatoms. The maximum atomic E-state index is 13.2. The van der Waals surface area contributed by atoms with E-state index in [9.17, 15) is 9.18 Å². The van der Waals surface area contributed by atoms with Gasteiger partial charge in [0.2, 0.25) is 0 Å². The SMILES string of the molecule is COCCN(CCc1csc2nc(-c3ccc(Cl)cc3)cn12)C(=O)c1ccc(F)cc1. The van der Waals surface area contributed by atoms with E-state index in [1.807, 2.05) is 30.5 Å². The summed E-state index contributed by atoms with van der Waals surface area (Å²) in [6.07, 6.45) is 2.67. The quantitative estimate of drug-likeness (QED) is 0.366. The molecule has 4 aromatic rings. The van der Waals surface area contributed by atoms with E-state index in [4.69, 9.17) is 21.3 Å². The fraction of sp³-hybridized carbons (Fsp3) is 0.217. The first kappa shape index (κ1) is 21.5. The summed E-state index contributed by atoms with van der Waals surface area (Å²) in [7, 11) is 1.60. The minimum absolute atomic E-state index is 0.143. The Morgan fingerprint density at radius 2 is 1.90 bits per heavy atom. The molecule has 31 heavy (non-hydrogen) atoms. The average Bonchev–Trinajstić information content (AvgIpc) is 3.36. The van der Waals surface area contributed by atoms with Crippen LogP contribution >= 0.6 is 22.9 Å². The summed E-state index contributed by atoms with van der Waals surface area (Å²) in [5.74, 6) is -0.506. The Labute approximate surface area is 188 Å². The van der Waals surface area contributed by atoms with Gasteiger partial charge in [-0.2, -0.15) is 0 Å². The van der Waals surface area contributed by atoms with Crippen molar-refractivity contribution in [3.8, 4) is 11.3 Å². The Balaban J connectivity index is 1.51. The highest BCUT2D eigenvalue weighted by Crippen LogP contribution is 2.25. The van der Waals surface area contributed by atoms with Crippen molar-refractivity contribution in [2.24, 2.45) is 0 Å². The second kappa shape index (κ2) is 9.60. The summed E-state index contributed by atoms with van der Waals surface area (Å²) in [4.78, 5) is 20.3. The number of carbonyl (C=O) groups is 1. The van der Waals surface area contributed by atoms with Crippen LogP contribution in [0.3, 0.4) is 0 Å². The van der Waals surface area contributed by atoms with Crippen molar-refractivity contribution in [3.63, 3.8) is 0 Å². The van der Waals surface area contributed by atoms with E-state index in [1.54, 1.807) is 23.3 Å². The van der Waals surface area contributed by atoms with Crippen molar-refractivity contribution in [1.82, 2.24) is 14.3 Å². The number of rotatable bonds is 8. The molecule has 2 heterocycles. The second-order valence-electron chi connectivity index (χ2n) is 7.05. The third-order valence-electron chi connectivity index (χ3n) is 5.00. The van der Waals surface area contributed by atoms with Crippen molar-refractivity contribution >= 4 is 33.8 Å². The van der Waals surface area contributed by atoms with E-state index in [0.717, 1.165) is 21.9 Å². The van der Waals surface area contributed by atoms with Crippen molar-refractivity contribution in [2.75, 3.05) is 26.8 Å². The molecule has 160 valence electrons. The predicted molar refractivity (Wildman–Crippen MR) is 121 cm³/mol. The zero-order valence-electron chi connectivity index (χ0n) is 16.9. The van der Waals surface area contributed by atoms with Crippen molar-refractivity contribution < 1.29 is 13.9 Å². The third kappa shape index (κ3) is 4.95. The third-order valence-corrected chi connectivity index (χ3v) is 6.15. The molecule has 0 aliphatic rings. The van der Waals surface area contributed by atoms with Crippen LogP contribution in [-0.2, 0) is 11.2 Å². The number of methoxy groups -OCH3 is 1. The Morgan fingerprint density at radius 3 is 2.61 bits per heavy atom. The molecule has 0 unspecified atom stereocenters. The molecule has 0 N–H and O–H groups in total. The maximum absolute atomic E-state index is 13.2. The number of thiazole rings is 1. The van der Waals surface area contributed by atoms with Crippen LogP contribution in [0.1, 0.15) is 16.1 Å². The van der Waals surface area contributed by atoms with Gasteiger partial charge in [0.05, 0.1) is 12.3 Å². The van der Waals surface area contributed by atoms with E-state index in [0.29, 0.717) is 36.7 Å². The van der Waals surface area contributed by atoms with Crippen LogP contribution in [0.4, 0.5) is 4.39 Å². The molecular weight excluding hydrogens is 437 g/mol. The molecule has 2 aromatic heterocycles. The number of amides is 1. The average molecular weight is 458 g/mol. The minimum Gasteiger partial charge on any atom is -0.383 e. The number of aromatic nitrogens is 2. The molecule has 2 aromatic carbocycles. The molecule has 0 aliphatic carbocycles. The Bertz CT molecular complexity index is 1170. The molecule has 0 fully saturated rings. The van der Waals surface area contributed by atoms with Gasteiger partial charge in [0.15, 0.2) is 4.96 Å². The number of fused-ring (bicyclic) bond motifs is 1. The summed E-state index contributed by atoms with van der Waals surface area (Å²) in [5, 5.41) is 2.75. The molecule has 0 spiro atoms. The lowest BCUT2D eigenvalue weighted by Gasteiger charge is -2.22. The summed E-state index contributed by atoms with van der Waals surface area (Å²) < 4.78 is 20.5. The van der Waals surface area contributed by atoms with E-state index in [2.05, 4.69) is 9.78 Å². The zero-order valence-corrected chi connectivity index (χ0v) is 18.5. The largest absolute Gasteiger partial charge is 0.383 e. The van der Waals surface area contributed by atoms with Crippen molar-refractivity contribution in [3.05, 3.63) is 82.2 Å². The molecule has 0 atom stereocenters. The lowest BCUT2D eigenvalue weighted by molar-refractivity contribution is 0.0697. The van der Waals surface area contributed by atoms with Gasteiger partial charge in [-0.25, -0.2) is 9.37 Å². The topological polar surface area (TPSA) is 46.8 Å². The molecule has 4 rings (SSSR count). The van der Waals surface area contributed by atoms with Crippen LogP contribution in [0.5, 0.6) is 0 Å². The number of ether oxygens (including phenoxy) is 1. The first-order valence-corrected chi connectivity index (χ1v) is 11.1. The van der Waals surface area contributed by atoms with E-state index in [-0.39, 0.29) is 11.7 Å². The molecule has 1 amide bonds. The number of hydrogen-bond acceptors (Lipinski definition) is 4. The van der Waals surface area contributed by atoms with Crippen LogP contribution < -0.4 is 0 Å². The van der Waals surface area contributed by atoms with Gasteiger partial charge in [-0.15, -0.1) is 11.3 Å². The number of hydrogen-bond donors (Lipinski definition) is 0. The zero-order chi connectivity index (χ0) is 21.8. The van der Waals surface area contributed by atoms with Gasteiger partial charge in [-0.3, -0.25) is 9.20 Å². The highest BCUT2D eigenvalue weighted by atomic mass is 35.5. The van der Waals surface area contributed by atoms with Gasteiger partial charge >= 0.3 is 0 Å². The fourth-order valence-corrected chi connectivity index (χ4v) is 4.34. The van der Waals surface area contributed by atoms with Gasteiger partial charge < -0.3 is 9.64 Å². The molecular formula is C23H21ClFN3O2S. The summed E-state index contributed by atoms with van der Waals surface area (Å²) in [6.45, 7) is 1.40. The maximum Gasteiger partial charge on any atom is 0.253 e. The first-order chi connectivity index (χ1) is 15.0. The van der Waals surface area contributed by atoms with E-state index >= 15 is 0 Å². The monoisotopic (exact) mass is 457 g/mol. The lowest BCUT2D eigenvalue weighted by Crippen LogP contribution is -2.35. The van der Waals surface area contributed by atoms with Crippen molar-refractivity contribution in [1.29, 1.82) is 0 Å². The first-order valence-electron chi connectivity index (χ1n) is 9.80. The van der Waals surface area contributed by atoms with Crippen LogP contribution in [0, 0.1) is 5.82 Å². The summed E-state index contributed by atoms with van der Waals surface area (Å²) >= 11 is 7.55. The molecule has 0 saturated heterocycles. The number of imidazole rings is 1. The normalized spacial score (nSPS) is 11.2. The van der Waals surface area contributed by atoms with Gasteiger partial charge in [0, 0.05) is 60.0 Å². The molecule has 0 bridgehead atoms. The summed E-state index contributed by atoms with van der Waals surface area (Å²) in [6, 6.07) is 13.2. The van der Waals surface area contributed by atoms with Gasteiger partial charge in [-0.05, 0) is 36.4 Å². The number of carbonyl (C=O) groups excluding carboxylic acids is 1. The molecule has 0 saturated carbocycles. The summed E-state index contributed by atoms with van der Waals surface area (Å²) in [5.41, 5.74) is 3.41.